The molecule has 4 heterocycles. The van der Waals surface area contributed by atoms with Crippen molar-refractivity contribution >= 4 is 43.9 Å². The van der Waals surface area contributed by atoms with Crippen molar-refractivity contribution in [2.75, 3.05) is 36.0 Å². The van der Waals surface area contributed by atoms with Crippen LogP contribution in [0.25, 0.3) is 10.9 Å². The topological polar surface area (TPSA) is 75.5 Å². The molecule has 3 aliphatic rings. The van der Waals surface area contributed by atoms with E-state index in [-0.39, 0.29) is 22.8 Å². The van der Waals surface area contributed by atoms with E-state index in [1.165, 1.54) is 0 Å². The Morgan fingerprint density at radius 2 is 1.85 bits per heavy atom. The van der Waals surface area contributed by atoms with Gasteiger partial charge >= 0.3 is 0 Å². The zero-order valence-corrected chi connectivity index (χ0v) is 20.5. The number of rotatable bonds is 6. The molecule has 2 aliphatic heterocycles. The van der Waals surface area contributed by atoms with Gasteiger partial charge in [-0.1, -0.05) is 11.6 Å². The summed E-state index contributed by atoms with van der Waals surface area (Å²) in [7, 11) is -2.87. The Morgan fingerprint density at radius 1 is 1.06 bits per heavy atom. The fourth-order valence-corrected chi connectivity index (χ4v) is 6.99. The molecule has 1 aliphatic carbocycles. The number of sulfone groups is 1. The molecule has 178 valence electrons. The number of anilines is 1. The van der Waals surface area contributed by atoms with E-state index >= 15 is 0 Å². The fraction of sp³-hybridized carbons (Fsp3) is 0.440. The number of aromatic nitrogens is 2. The van der Waals surface area contributed by atoms with Crippen LogP contribution in [-0.4, -0.2) is 59.9 Å². The molecule has 3 aromatic rings. The molecule has 0 unspecified atom stereocenters. The molecule has 0 atom stereocenters. The van der Waals surface area contributed by atoms with Crippen LogP contribution in [0.15, 0.2) is 42.7 Å². The number of benzene rings is 1. The second-order valence-corrected chi connectivity index (χ2v) is 12.4. The first kappa shape index (κ1) is 22.1. The molecule has 2 fully saturated rings. The predicted octanol–water partition coefficient (Wildman–Crippen LogP) is 3.39. The smallest absolute Gasteiger partial charge is 0.238 e. The van der Waals surface area contributed by atoms with Crippen LogP contribution < -0.4 is 4.90 Å². The number of aryl methyl sites for hydroxylation is 1. The van der Waals surface area contributed by atoms with Gasteiger partial charge in [0.15, 0.2) is 9.84 Å². The number of halogens is 1. The lowest BCUT2D eigenvalue weighted by molar-refractivity contribution is -0.120. The third-order valence-electron chi connectivity index (χ3n) is 7.57. The number of nitrogens with zero attached hydrogens (tertiary/aromatic N) is 4. The van der Waals surface area contributed by atoms with Crippen LogP contribution >= 0.6 is 11.6 Å². The number of hydrogen-bond donors (Lipinski definition) is 0. The minimum Gasteiger partial charge on any atom is -0.343 e. The minimum absolute atomic E-state index is 0.180. The highest BCUT2D eigenvalue weighted by Gasteiger charge is 2.59. The van der Waals surface area contributed by atoms with Crippen LogP contribution in [-0.2, 0) is 33.1 Å². The molecule has 9 heteroatoms. The zero-order valence-electron chi connectivity index (χ0n) is 18.9. The van der Waals surface area contributed by atoms with Gasteiger partial charge in [-0.3, -0.25) is 9.78 Å². The number of carbonyl (C=O) groups is 1. The van der Waals surface area contributed by atoms with E-state index < -0.39 is 9.84 Å². The highest BCUT2D eigenvalue weighted by molar-refractivity contribution is 7.91. The number of carbonyl (C=O) groups excluding carboxylic acids is 1. The van der Waals surface area contributed by atoms with E-state index in [4.69, 9.17) is 11.6 Å². The minimum atomic E-state index is -2.87. The first-order valence-corrected chi connectivity index (χ1v) is 14.0. The Hall–Kier alpha value is -2.42. The van der Waals surface area contributed by atoms with Crippen LogP contribution in [0.2, 0.25) is 5.02 Å². The van der Waals surface area contributed by atoms with Gasteiger partial charge in [-0.2, -0.15) is 0 Å². The van der Waals surface area contributed by atoms with E-state index in [1.54, 1.807) is 6.20 Å². The molecule has 1 amide bonds. The summed E-state index contributed by atoms with van der Waals surface area (Å²) in [5.74, 6) is 0.671. The average molecular weight is 499 g/mol. The molecule has 1 spiro atoms. The van der Waals surface area contributed by atoms with Gasteiger partial charge in [-0.05, 0) is 61.7 Å². The number of pyridine rings is 1. The van der Waals surface area contributed by atoms with Gasteiger partial charge in [0, 0.05) is 47.5 Å². The van der Waals surface area contributed by atoms with Gasteiger partial charge < -0.3 is 14.4 Å². The monoisotopic (exact) mass is 498 g/mol. The largest absolute Gasteiger partial charge is 0.343 e. The number of hydrogen-bond acceptors (Lipinski definition) is 5. The molecule has 1 saturated carbocycles. The Kier molecular flexibility index (Phi) is 5.24. The lowest BCUT2D eigenvalue weighted by atomic mass is 9.99. The Labute approximate surface area is 204 Å². The van der Waals surface area contributed by atoms with Crippen molar-refractivity contribution in [1.82, 2.24) is 14.5 Å². The Balaban J connectivity index is 1.26. The summed E-state index contributed by atoms with van der Waals surface area (Å²) in [5.41, 5.74) is 3.86. The van der Waals surface area contributed by atoms with Crippen molar-refractivity contribution in [2.24, 2.45) is 0 Å². The summed E-state index contributed by atoms with van der Waals surface area (Å²) in [6.07, 6.45) is 6.30. The first-order chi connectivity index (χ1) is 16.4. The SMILES string of the molecule is O=C1N(Cc2cc3cc(Cl)ccc3n2CCCN2CCS(=O)(=O)CC2)c2cnccc2C12CC2. The highest BCUT2D eigenvalue weighted by Crippen LogP contribution is 2.57. The highest BCUT2D eigenvalue weighted by atomic mass is 35.5. The van der Waals surface area contributed by atoms with Crippen molar-refractivity contribution in [3.05, 3.63) is 59.0 Å². The van der Waals surface area contributed by atoms with Gasteiger partial charge in [0.2, 0.25) is 5.91 Å². The molecule has 7 nitrogen and oxygen atoms in total. The average Bonchev–Trinajstić information content (AvgIpc) is 3.51. The molecular formula is C25H27ClN4O3S. The zero-order chi connectivity index (χ0) is 23.5. The van der Waals surface area contributed by atoms with E-state index in [0.717, 1.165) is 60.2 Å². The van der Waals surface area contributed by atoms with Crippen molar-refractivity contribution in [2.45, 2.75) is 37.8 Å². The van der Waals surface area contributed by atoms with E-state index in [0.29, 0.717) is 24.7 Å². The van der Waals surface area contributed by atoms with Gasteiger partial charge in [0.25, 0.3) is 0 Å². The lowest BCUT2D eigenvalue weighted by Gasteiger charge is -2.26. The molecule has 1 saturated heterocycles. The fourth-order valence-electron chi connectivity index (χ4n) is 5.54. The van der Waals surface area contributed by atoms with Crippen LogP contribution in [0, 0.1) is 0 Å². The maximum Gasteiger partial charge on any atom is 0.238 e. The third-order valence-corrected chi connectivity index (χ3v) is 9.42. The molecule has 34 heavy (non-hydrogen) atoms. The van der Waals surface area contributed by atoms with E-state index in [9.17, 15) is 13.2 Å². The van der Waals surface area contributed by atoms with Crippen LogP contribution in [0.3, 0.4) is 0 Å². The summed E-state index contributed by atoms with van der Waals surface area (Å²) < 4.78 is 25.7. The predicted molar refractivity (Wildman–Crippen MR) is 133 cm³/mol. The maximum atomic E-state index is 13.4. The molecule has 0 bridgehead atoms. The van der Waals surface area contributed by atoms with Crippen LogP contribution in [0.4, 0.5) is 5.69 Å². The van der Waals surface area contributed by atoms with Gasteiger partial charge in [0.05, 0.1) is 35.3 Å². The Bertz CT molecular complexity index is 1380. The molecular weight excluding hydrogens is 472 g/mol. The second-order valence-electron chi connectivity index (χ2n) is 9.70. The molecule has 6 rings (SSSR count). The molecule has 0 radical (unpaired) electrons. The van der Waals surface area contributed by atoms with Crippen molar-refractivity contribution in [3.63, 3.8) is 0 Å². The quantitative estimate of drug-likeness (QED) is 0.520. The summed E-state index contributed by atoms with van der Waals surface area (Å²) in [4.78, 5) is 21.8. The van der Waals surface area contributed by atoms with E-state index in [2.05, 4.69) is 20.5 Å². The summed E-state index contributed by atoms with van der Waals surface area (Å²) in [6, 6.07) is 10.0. The lowest BCUT2D eigenvalue weighted by Crippen LogP contribution is -2.40. The number of amides is 1. The molecule has 2 aromatic heterocycles. The van der Waals surface area contributed by atoms with Crippen LogP contribution in [0.5, 0.6) is 0 Å². The van der Waals surface area contributed by atoms with Crippen molar-refractivity contribution in [1.29, 1.82) is 0 Å². The third kappa shape index (κ3) is 3.72. The Morgan fingerprint density at radius 3 is 2.62 bits per heavy atom. The molecule has 0 N–H and O–H groups in total. The van der Waals surface area contributed by atoms with Gasteiger partial charge in [-0.15, -0.1) is 0 Å². The number of fused-ring (bicyclic) bond motifs is 3. The maximum absolute atomic E-state index is 13.4. The van der Waals surface area contributed by atoms with E-state index in [1.807, 2.05) is 35.4 Å². The van der Waals surface area contributed by atoms with Crippen LogP contribution in [0.1, 0.15) is 30.5 Å². The van der Waals surface area contributed by atoms with Crippen molar-refractivity contribution in [3.8, 4) is 0 Å². The normalized spacial score (nSPS) is 20.9. The summed E-state index contributed by atoms with van der Waals surface area (Å²) >= 11 is 6.28. The summed E-state index contributed by atoms with van der Waals surface area (Å²) in [6.45, 7) is 3.34. The van der Waals surface area contributed by atoms with Gasteiger partial charge in [0.1, 0.15) is 0 Å². The molecule has 1 aromatic carbocycles. The van der Waals surface area contributed by atoms with Gasteiger partial charge in [-0.25, -0.2) is 8.42 Å². The second kappa shape index (κ2) is 8.07. The standard InChI is InChI=1S/C25H27ClN4O3S/c26-19-2-3-22-18(14-19)15-20(29(22)9-1-8-28-10-12-34(32,33)13-11-28)17-30-23-16-27-7-4-21(23)25(5-6-25)24(30)31/h2-4,7,14-16H,1,5-6,8-13,17H2. The summed E-state index contributed by atoms with van der Waals surface area (Å²) in [5, 5.41) is 1.75. The van der Waals surface area contributed by atoms with Crippen molar-refractivity contribution < 1.29 is 13.2 Å². The first-order valence-electron chi connectivity index (χ1n) is 11.8.